The number of aryl methyl sites for hydroxylation is 1. The lowest BCUT2D eigenvalue weighted by atomic mass is 9.97. The Morgan fingerprint density at radius 2 is 1.54 bits per heavy atom. The van der Waals surface area contributed by atoms with Crippen LogP contribution in [0.4, 0.5) is 0 Å². The average molecular weight is 548 g/mol. The van der Waals surface area contributed by atoms with Crippen molar-refractivity contribution in [2.24, 2.45) is 0 Å². The smallest absolute Gasteiger partial charge is 0.338 e. The Morgan fingerprint density at radius 1 is 0.897 bits per heavy atom. The second kappa shape index (κ2) is 15.7. The third kappa shape index (κ3) is 8.87. The van der Waals surface area contributed by atoms with Crippen LogP contribution in [0.25, 0.3) is 16.2 Å². The van der Waals surface area contributed by atoms with E-state index in [1.165, 1.54) is 25.7 Å². The first kappa shape index (κ1) is 30.8. The Bertz CT molecular complexity index is 1230. The molecule has 2 aromatic carbocycles. The van der Waals surface area contributed by atoms with Gasteiger partial charge < -0.3 is 4.74 Å². The number of benzene rings is 2. The fourth-order valence-corrected chi connectivity index (χ4v) is 5.83. The molecule has 0 aliphatic heterocycles. The summed E-state index contributed by atoms with van der Waals surface area (Å²) in [6.07, 6.45) is 12.0. The maximum Gasteiger partial charge on any atom is 0.338 e. The van der Waals surface area contributed by atoms with Crippen LogP contribution in [0, 0.1) is 0 Å². The standard InChI is InChI=1S/C34H45NO3S/c1-6-9-14-31-32(29-24-28(19-20-30(29)39-31)34(37)38-25(4)5)33(36)27-17-15-26(16-18-27)13-12-23-35(21-10-7-2)22-11-8-3/h12-13,15-20,24-25H,6-11,14,21-23H2,1-5H3. The fraction of sp³-hybridized carbons (Fsp3) is 0.471. The first-order valence-electron chi connectivity index (χ1n) is 14.7. The van der Waals surface area contributed by atoms with Gasteiger partial charge in [-0.2, -0.15) is 0 Å². The quantitative estimate of drug-likeness (QED) is 0.133. The van der Waals surface area contributed by atoms with E-state index in [0.29, 0.717) is 11.1 Å². The van der Waals surface area contributed by atoms with Gasteiger partial charge in [0.15, 0.2) is 5.78 Å². The molecule has 0 bridgehead atoms. The molecule has 5 heteroatoms. The van der Waals surface area contributed by atoms with E-state index in [1.54, 1.807) is 17.4 Å². The summed E-state index contributed by atoms with van der Waals surface area (Å²) in [5.41, 5.74) is 2.98. The van der Waals surface area contributed by atoms with Crippen LogP contribution in [-0.2, 0) is 11.2 Å². The topological polar surface area (TPSA) is 46.6 Å². The van der Waals surface area contributed by atoms with E-state index in [-0.39, 0.29) is 17.9 Å². The van der Waals surface area contributed by atoms with E-state index in [1.807, 2.05) is 50.2 Å². The van der Waals surface area contributed by atoms with Gasteiger partial charge in [0, 0.05) is 32.6 Å². The maximum absolute atomic E-state index is 13.8. The molecular formula is C34H45NO3S. The molecule has 0 aliphatic rings. The summed E-state index contributed by atoms with van der Waals surface area (Å²) in [6, 6.07) is 13.5. The Morgan fingerprint density at radius 3 is 2.15 bits per heavy atom. The second-order valence-corrected chi connectivity index (χ2v) is 11.7. The minimum Gasteiger partial charge on any atom is -0.459 e. The largest absolute Gasteiger partial charge is 0.459 e. The van der Waals surface area contributed by atoms with Crippen molar-refractivity contribution >= 4 is 39.3 Å². The molecule has 0 spiro atoms. The van der Waals surface area contributed by atoms with Crippen molar-refractivity contribution in [3.63, 3.8) is 0 Å². The second-order valence-electron chi connectivity index (χ2n) is 10.5. The van der Waals surface area contributed by atoms with Gasteiger partial charge in [-0.15, -0.1) is 11.3 Å². The molecule has 0 fully saturated rings. The summed E-state index contributed by atoms with van der Waals surface area (Å²) >= 11 is 1.66. The number of hydrogen-bond donors (Lipinski definition) is 0. The first-order valence-corrected chi connectivity index (χ1v) is 15.5. The first-order chi connectivity index (χ1) is 18.9. The maximum atomic E-state index is 13.8. The van der Waals surface area contributed by atoms with Crippen LogP contribution < -0.4 is 0 Å². The highest BCUT2D eigenvalue weighted by Crippen LogP contribution is 2.35. The average Bonchev–Trinajstić information content (AvgIpc) is 3.30. The summed E-state index contributed by atoms with van der Waals surface area (Å²) < 4.78 is 6.44. The number of ketones is 1. The van der Waals surface area contributed by atoms with Crippen LogP contribution in [-0.4, -0.2) is 42.4 Å². The molecule has 0 atom stereocenters. The number of unbranched alkanes of at least 4 members (excludes halogenated alkanes) is 3. The van der Waals surface area contributed by atoms with Gasteiger partial charge >= 0.3 is 5.97 Å². The molecule has 0 saturated carbocycles. The summed E-state index contributed by atoms with van der Waals surface area (Å²) in [5, 5.41) is 0.845. The van der Waals surface area contributed by atoms with Gasteiger partial charge in [-0.1, -0.05) is 76.5 Å². The van der Waals surface area contributed by atoms with E-state index in [2.05, 4.69) is 37.8 Å². The van der Waals surface area contributed by atoms with Gasteiger partial charge in [-0.25, -0.2) is 4.79 Å². The van der Waals surface area contributed by atoms with Crippen LogP contribution in [0.5, 0.6) is 0 Å². The molecule has 4 nitrogen and oxygen atoms in total. The summed E-state index contributed by atoms with van der Waals surface area (Å²) in [6.45, 7) is 13.5. The van der Waals surface area contributed by atoms with Crippen molar-refractivity contribution < 1.29 is 14.3 Å². The van der Waals surface area contributed by atoms with Crippen molar-refractivity contribution in [1.82, 2.24) is 4.90 Å². The minimum atomic E-state index is -0.356. The van der Waals surface area contributed by atoms with Crippen molar-refractivity contribution in [2.75, 3.05) is 19.6 Å². The highest BCUT2D eigenvalue weighted by molar-refractivity contribution is 7.19. The zero-order valence-electron chi connectivity index (χ0n) is 24.4. The Hall–Kier alpha value is -2.76. The Kier molecular flexibility index (Phi) is 12.4. The molecule has 1 heterocycles. The molecule has 0 saturated heterocycles. The predicted octanol–water partition coefficient (Wildman–Crippen LogP) is 8.96. The van der Waals surface area contributed by atoms with Crippen LogP contribution in [0.3, 0.4) is 0 Å². The third-order valence-electron chi connectivity index (χ3n) is 6.83. The number of ether oxygens (including phenoxy) is 1. The summed E-state index contributed by atoms with van der Waals surface area (Å²) in [4.78, 5) is 30.0. The van der Waals surface area contributed by atoms with Gasteiger partial charge in [-0.05, 0) is 76.4 Å². The number of esters is 1. The number of nitrogens with zero attached hydrogens (tertiary/aromatic N) is 1. The van der Waals surface area contributed by atoms with E-state index < -0.39 is 0 Å². The lowest BCUT2D eigenvalue weighted by molar-refractivity contribution is 0.0378. The highest BCUT2D eigenvalue weighted by Gasteiger charge is 2.22. The zero-order chi connectivity index (χ0) is 28.2. The number of hydrogen-bond acceptors (Lipinski definition) is 5. The summed E-state index contributed by atoms with van der Waals surface area (Å²) in [7, 11) is 0. The van der Waals surface area contributed by atoms with Gasteiger partial charge in [0.05, 0.1) is 11.7 Å². The van der Waals surface area contributed by atoms with Gasteiger partial charge in [-0.3, -0.25) is 9.69 Å². The molecule has 0 N–H and O–H groups in total. The molecule has 39 heavy (non-hydrogen) atoms. The minimum absolute atomic E-state index is 0.0163. The molecule has 3 aromatic rings. The predicted molar refractivity (Wildman–Crippen MR) is 166 cm³/mol. The van der Waals surface area contributed by atoms with Crippen molar-refractivity contribution in [1.29, 1.82) is 0 Å². The number of carbonyl (C=O) groups excluding carboxylic acids is 2. The Balaban J connectivity index is 1.83. The Labute approximate surface area is 239 Å². The van der Waals surface area contributed by atoms with Gasteiger partial charge in [0.1, 0.15) is 0 Å². The SMILES string of the molecule is CCCCc1sc2ccc(C(=O)OC(C)C)cc2c1C(=O)c1ccc(C=CCN(CCCC)CCCC)cc1. The van der Waals surface area contributed by atoms with Crippen molar-refractivity contribution in [3.8, 4) is 0 Å². The molecule has 0 aliphatic carbocycles. The van der Waals surface area contributed by atoms with Crippen LogP contribution in [0.2, 0.25) is 0 Å². The molecule has 0 radical (unpaired) electrons. The molecule has 0 unspecified atom stereocenters. The van der Waals surface area contributed by atoms with Gasteiger partial charge in [0.25, 0.3) is 0 Å². The monoisotopic (exact) mass is 547 g/mol. The van der Waals surface area contributed by atoms with Crippen LogP contribution >= 0.6 is 11.3 Å². The van der Waals surface area contributed by atoms with Crippen molar-refractivity contribution in [2.45, 2.75) is 85.7 Å². The van der Waals surface area contributed by atoms with E-state index in [0.717, 1.165) is 65.0 Å². The van der Waals surface area contributed by atoms with Crippen LogP contribution in [0.15, 0.2) is 48.5 Å². The lowest BCUT2D eigenvalue weighted by Gasteiger charge is -2.19. The number of fused-ring (bicyclic) bond motifs is 1. The molecule has 3 rings (SSSR count). The van der Waals surface area contributed by atoms with Gasteiger partial charge in [0.2, 0.25) is 0 Å². The van der Waals surface area contributed by atoms with E-state index in [4.69, 9.17) is 4.74 Å². The number of thiophene rings is 1. The molecule has 1 aromatic heterocycles. The molecule has 0 amide bonds. The van der Waals surface area contributed by atoms with E-state index in [9.17, 15) is 9.59 Å². The fourth-order valence-electron chi connectivity index (χ4n) is 4.61. The lowest BCUT2D eigenvalue weighted by Crippen LogP contribution is -2.26. The number of rotatable bonds is 16. The van der Waals surface area contributed by atoms with E-state index >= 15 is 0 Å². The summed E-state index contributed by atoms with van der Waals surface area (Å²) in [5.74, 6) is -0.340. The molecular weight excluding hydrogens is 502 g/mol. The number of carbonyl (C=O) groups is 2. The third-order valence-corrected chi connectivity index (χ3v) is 8.06. The van der Waals surface area contributed by atoms with Crippen LogP contribution in [0.1, 0.15) is 110 Å². The molecule has 210 valence electrons. The normalized spacial score (nSPS) is 11.8. The highest BCUT2D eigenvalue weighted by atomic mass is 32.1. The van der Waals surface area contributed by atoms with Crippen molar-refractivity contribution in [3.05, 3.63) is 75.7 Å². The zero-order valence-corrected chi connectivity index (χ0v) is 25.2.